The number of hydrogen-bond acceptors (Lipinski definition) is 4. The highest BCUT2D eigenvalue weighted by Gasteiger charge is 2.28. The van der Waals surface area contributed by atoms with E-state index in [0.29, 0.717) is 13.1 Å². The largest absolute Gasteiger partial charge is 0.373 e. The molecule has 2 aromatic rings. The van der Waals surface area contributed by atoms with E-state index in [-0.39, 0.29) is 5.69 Å². The van der Waals surface area contributed by atoms with E-state index < -0.39 is 27.8 Å². The smallest absolute Gasteiger partial charge is 0.243 e. The van der Waals surface area contributed by atoms with Crippen LogP contribution in [-0.4, -0.2) is 46.8 Å². The van der Waals surface area contributed by atoms with Crippen molar-refractivity contribution in [1.82, 2.24) is 5.32 Å². The molecular weight excluding hydrogens is 369 g/mol. The molecule has 146 valence electrons. The number of benzene rings is 2. The van der Waals surface area contributed by atoms with Crippen LogP contribution < -0.4 is 14.5 Å². The van der Waals surface area contributed by atoms with Crippen LogP contribution in [0.3, 0.4) is 0 Å². The first-order valence-electron chi connectivity index (χ1n) is 8.49. The number of sulfonamides is 1. The summed E-state index contributed by atoms with van der Waals surface area (Å²) in [4.78, 5) is 14.5. The van der Waals surface area contributed by atoms with Gasteiger partial charge in [0.05, 0.1) is 11.9 Å². The third-order valence-electron chi connectivity index (χ3n) is 4.11. The van der Waals surface area contributed by atoms with E-state index in [0.717, 1.165) is 28.4 Å². The van der Waals surface area contributed by atoms with Crippen molar-refractivity contribution in [2.75, 3.05) is 35.6 Å². The lowest BCUT2D eigenvalue weighted by atomic mass is 10.2. The SMILES string of the molecule is C[C@@H](C(=O)NCCN(C)c1ccccc1)N(c1ccc(F)cc1)S(C)(=O)=O. The van der Waals surface area contributed by atoms with Gasteiger partial charge in [-0.1, -0.05) is 18.2 Å². The number of nitrogens with one attached hydrogen (secondary N) is 1. The van der Waals surface area contributed by atoms with E-state index in [1.807, 2.05) is 42.3 Å². The minimum atomic E-state index is -3.72. The molecule has 0 aliphatic heterocycles. The summed E-state index contributed by atoms with van der Waals surface area (Å²) < 4.78 is 38.5. The van der Waals surface area contributed by atoms with Crippen molar-refractivity contribution < 1.29 is 17.6 Å². The maximum Gasteiger partial charge on any atom is 0.243 e. The first kappa shape index (κ1) is 20.7. The van der Waals surface area contributed by atoms with E-state index in [9.17, 15) is 17.6 Å². The minimum absolute atomic E-state index is 0.239. The van der Waals surface area contributed by atoms with Crippen LogP contribution in [0.4, 0.5) is 15.8 Å². The number of carbonyl (C=O) groups is 1. The Morgan fingerprint density at radius 3 is 2.22 bits per heavy atom. The zero-order valence-electron chi connectivity index (χ0n) is 15.6. The van der Waals surface area contributed by atoms with E-state index in [1.165, 1.54) is 19.1 Å². The number of para-hydroxylation sites is 1. The summed E-state index contributed by atoms with van der Waals surface area (Å²) in [7, 11) is -1.81. The third kappa shape index (κ3) is 5.68. The van der Waals surface area contributed by atoms with Gasteiger partial charge in [0.25, 0.3) is 0 Å². The summed E-state index contributed by atoms with van der Waals surface area (Å²) in [6.07, 6.45) is 1.02. The molecule has 0 aromatic heterocycles. The summed E-state index contributed by atoms with van der Waals surface area (Å²) in [5.41, 5.74) is 1.26. The van der Waals surface area contributed by atoms with Gasteiger partial charge in [-0.15, -0.1) is 0 Å². The van der Waals surface area contributed by atoms with Crippen molar-refractivity contribution in [2.45, 2.75) is 13.0 Å². The average molecular weight is 393 g/mol. The number of hydrogen-bond donors (Lipinski definition) is 1. The molecule has 1 N–H and O–H groups in total. The number of carbonyl (C=O) groups excluding carboxylic acids is 1. The van der Waals surface area contributed by atoms with Crippen molar-refractivity contribution in [2.24, 2.45) is 0 Å². The molecule has 0 radical (unpaired) electrons. The third-order valence-corrected chi connectivity index (χ3v) is 5.35. The van der Waals surface area contributed by atoms with Crippen LogP contribution in [0.25, 0.3) is 0 Å². The van der Waals surface area contributed by atoms with E-state index >= 15 is 0 Å². The van der Waals surface area contributed by atoms with Crippen LogP contribution in [-0.2, 0) is 14.8 Å². The summed E-state index contributed by atoms with van der Waals surface area (Å²) >= 11 is 0. The molecule has 27 heavy (non-hydrogen) atoms. The van der Waals surface area contributed by atoms with Gasteiger partial charge in [-0.2, -0.15) is 0 Å². The normalized spacial score (nSPS) is 12.3. The van der Waals surface area contributed by atoms with Crippen molar-refractivity contribution in [3.05, 3.63) is 60.4 Å². The Hall–Kier alpha value is -2.61. The fraction of sp³-hybridized carbons (Fsp3) is 0.316. The molecule has 1 atom stereocenters. The number of rotatable bonds is 8. The van der Waals surface area contributed by atoms with Gasteiger partial charge in [0.1, 0.15) is 11.9 Å². The predicted molar refractivity (Wildman–Crippen MR) is 106 cm³/mol. The second-order valence-electron chi connectivity index (χ2n) is 6.26. The number of anilines is 2. The molecule has 0 saturated heterocycles. The maximum absolute atomic E-state index is 13.1. The molecule has 8 heteroatoms. The Balaban J connectivity index is 2.01. The van der Waals surface area contributed by atoms with Crippen molar-refractivity contribution >= 4 is 27.3 Å². The molecule has 0 heterocycles. The predicted octanol–water partition coefficient (Wildman–Crippen LogP) is 2.23. The molecule has 6 nitrogen and oxygen atoms in total. The molecule has 0 saturated carbocycles. The lowest BCUT2D eigenvalue weighted by molar-refractivity contribution is -0.121. The molecule has 2 aromatic carbocycles. The van der Waals surface area contributed by atoms with Crippen molar-refractivity contribution in [3.63, 3.8) is 0 Å². The molecule has 2 rings (SSSR count). The first-order chi connectivity index (χ1) is 12.7. The Bertz CT molecular complexity index is 858. The van der Waals surface area contributed by atoms with Gasteiger partial charge in [-0.3, -0.25) is 9.10 Å². The Morgan fingerprint density at radius 2 is 1.67 bits per heavy atom. The van der Waals surface area contributed by atoms with Gasteiger partial charge in [-0.25, -0.2) is 12.8 Å². The highest BCUT2D eigenvalue weighted by molar-refractivity contribution is 7.92. The van der Waals surface area contributed by atoms with Crippen molar-refractivity contribution in [3.8, 4) is 0 Å². The second kappa shape index (κ2) is 8.85. The number of halogens is 1. The molecule has 0 aliphatic rings. The summed E-state index contributed by atoms with van der Waals surface area (Å²) in [5.74, 6) is -0.903. The highest BCUT2D eigenvalue weighted by Crippen LogP contribution is 2.21. The standard InChI is InChI=1S/C19H24FN3O3S/c1-15(23(27(3,25)26)18-11-9-16(20)10-12-18)19(24)21-13-14-22(2)17-7-5-4-6-8-17/h4-12,15H,13-14H2,1-3H3,(H,21,24)/t15-/m0/s1. The molecule has 0 aliphatic carbocycles. The zero-order valence-corrected chi connectivity index (χ0v) is 16.4. The van der Waals surface area contributed by atoms with Crippen LogP contribution in [0.2, 0.25) is 0 Å². The fourth-order valence-corrected chi connectivity index (χ4v) is 3.88. The zero-order chi connectivity index (χ0) is 20.0. The number of amides is 1. The lowest BCUT2D eigenvalue weighted by Gasteiger charge is -2.28. The van der Waals surface area contributed by atoms with Crippen LogP contribution in [0.15, 0.2) is 54.6 Å². The van der Waals surface area contributed by atoms with Gasteiger partial charge in [-0.05, 0) is 43.3 Å². The van der Waals surface area contributed by atoms with Gasteiger partial charge < -0.3 is 10.2 Å². The van der Waals surface area contributed by atoms with E-state index in [2.05, 4.69) is 5.32 Å². The van der Waals surface area contributed by atoms with Gasteiger partial charge >= 0.3 is 0 Å². The van der Waals surface area contributed by atoms with Gasteiger partial charge in [0.15, 0.2) is 0 Å². The molecule has 0 bridgehead atoms. The van der Waals surface area contributed by atoms with E-state index in [1.54, 1.807) is 0 Å². The Labute approximate surface area is 159 Å². The van der Waals surface area contributed by atoms with E-state index in [4.69, 9.17) is 0 Å². The minimum Gasteiger partial charge on any atom is -0.373 e. The maximum atomic E-state index is 13.1. The fourth-order valence-electron chi connectivity index (χ4n) is 2.70. The average Bonchev–Trinajstić information content (AvgIpc) is 2.63. The second-order valence-corrected chi connectivity index (χ2v) is 8.12. The van der Waals surface area contributed by atoms with Gasteiger partial charge in [0, 0.05) is 25.8 Å². The monoisotopic (exact) mass is 393 g/mol. The topological polar surface area (TPSA) is 69.7 Å². The van der Waals surface area contributed by atoms with Crippen LogP contribution in [0.1, 0.15) is 6.92 Å². The van der Waals surface area contributed by atoms with Crippen LogP contribution >= 0.6 is 0 Å². The quantitative estimate of drug-likeness (QED) is 0.747. The molecule has 1 amide bonds. The van der Waals surface area contributed by atoms with Gasteiger partial charge in [0.2, 0.25) is 15.9 Å². The summed E-state index contributed by atoms with van der Waals surface area (Å²) in [5, 5.41) is 2.76. The first-order valence-corrected chi connectivity index (χ1v) is 10.3. The molecule has 0 spiro atoms. The summed E-state index contributed by atoms with van der Waals surface area (Å²) in [6, 6.07) is 13.7. The number of nitrogens with zero attached hydrogens (tertiary/aromatic N) is 2. The van der Waals surface area contributed by atoms with Crippen LogP contribution in [0, 0.1) is 5.82 Å². The Morgan fingerprint density at radius 1 is 1.07 bits per heavy atom. The summed E-state index contributed by atoms with van der Waals surface area (Å²) in [6.45, 7) is 2.42. The molecule has 0 unspecified atom stereocenters. The molecular formula is C19H24FN3O3S. The Kier molecular flexibility index (Phi) is 6.79. The van der Waals surface area contributed by atoms with Crippen LogP contribution in [0.5, 0.6) is 0 Å². The molecule has 0 fully saturated rings. The highest BCUT2D eigenvalue weighted by atomic mass is 32.2. The van der Waals surface area contributed by atoms with Crippen molar-refractivity contribution in [1.29, 1.82) is 0 Å². The lowest BCUT2D eigenvalue weighted by Crippen LogP contribution is -2.49. The number of likely N-dealkylation sites (N-methyl/N-ethyl adjacent to an activating group) is 1.